The van der Waals surface area contributed by atoms with E-state index in [2.05, 4.69) is 10.0 Å². The SMILES string of the molecule is Cc1c(NC(=O)c2ccoc2)cccc1S(=O)(=O)Nc1cccc(C(F)(F)F)c1. The van der Waals surface area contributed by atoms with Crippen molar-refractivity contribution in [2.24, 2.45) is 0 Å². The molecule has 0 bridgehead atoms. The van der Waals surface area contributed by atoms with Crippen LogP contribution in [0.25, 0.3) is 0 Å². The zero-order valence-electron chi connectivity index (χ0n) is 14.9. The molecular formula is C19H15F3N2O4S. The Morgan fingerprint density at radius 2 is 1.79 bits per heavy atom. The Hall–Kier alpha value is -3.27. The van der Waals surface area contributed by atoms with E-state index in [9.17, 15) is 26.4 Å². The highest BCUT2D eigenvalue weighted by Crippen LogP contribution is 2.32. The Morgan fingerprint density at radius 3 is 2.45 bits per heavy atom. The van der Waals surface area contributed by atoms with Crippen molar-refractivity contribution in [1.29, 1.82) is 0 Å². The van der Waals surface area contributed by atoms with E-state index in [0.29, 0.717) is 6.07 Å². The van der Waals surface area contributed by atoms with Crippen LogP contribution in [0.5, 0.6) is 0 Å². The number of carbonyl (C=O) groups excluding carboxylic acids is 1. The van der Waals surface area contributed by atoms with Crippen molar-refractivity contribution in [3.05, 3.63) is 77.7 Å². The highest BCUT2D eigenvalue weighted by atomic mass is 32.2. The number of alkyl halides is 3. The van der Waals surface area contributed by atoms with Gasteiger partial charge in [-0.15, -0.1) is 0 Å². The number of carbonyl (C=O) groups is 1. The van der Waals surface area contributed by atoms with E-state index in [1.165, 1.54) is 49.8 Å². The van der Waals surface area contributed by atoms with Crippen LogP contribution < -0.4 is 10.0 Å². The maximum Gasteiger partial charge on any atom is 0.416 e. The first-order valence-electron chi connectivity index (χ1n) is 8.21. The molecule has 2 N–H and O–H groups in total. The van der Waals surface area contributed by atoms with Crippen LogP contribution >= 0.6 is 0 Å². The number of nitrogens with one attached hydrogen (secondary N) is 2. The minimum absolute atomic E-state index is 0.181. The lowest BCUT2D eigenvalue weighted by molar-refractivity contribution is -0.137. The summed E-state index contributed by atoms with van der Waals surface area (Å²) in [7, 11) is -4.21. The van der Waals surface area contributed by atoms with Crippen LogP contribution in [0.2, 0.25) is 0 Å². The average molecular weight is 424 g/mol. The van der Waals surface area contributed by atoms with Crippen LogP contribution in [0.1, 0.15) is 21.5 Å². The molecule has 0 saturated heterocycles. The first-order chi connectivity index (χ1) is 13.6. The minimum atomic E-state index is -4.60. The number of hydrogen-bond donors (Lipinski definition) is 2. The summed E-state index contributed by atoms with van der Waals surface area (Å²) < 4.78 is 71.0. The monoisotopic (exact) mass is 424 g/mol. The molecule has 0 atom stereocenters. The first kappa shape index (κ1) is 20.5. The van der Waals surface area contributed by atoms with E-state index >= 15 is 0 Å². The quantitative estimate of drug-likeness (QED) is 0.624. The molecule has 0 spiro atoms. The molecule has 3 aromatic rings. The molecule has 6 nitrogen and oxygen atoms in total. The highest BCUT2D eigenvalue weighted by molar-refractivity contribution is 7.92. The van der Waals surface area contributed by atoms with Gasteiger partial charge in [0, 0.05) is 11.4 Å². The molecule has 3 rings (SSSR count). The third-order valence-corrected chi connectivity index (χ3v) is 5.57. The van der Waals surface area contributed by atoms with Gasteiger partial charge in [0.2, 0.25) is 0 Å². The van der Waals surface area contributed by atoms with Gasteiger partial charge in [0.05, 0.1) is 22.3 Å². The fraction of sp³-hybridized carbons (Fsp3) is 0.105. The van der Waals surface area contributed by atoms with Gasteiger partial charge in [-0.2, -0.15) is 13.2 Å². The summed E-state index contributed by atoms with van der Waals surface area (Å²) in [4.78, 5) is 12.0. The Morgan fingerprint density at radius 1 is 1.07 bits per heavy atom. The van der Waals surface area contributed by atoms with Gasteiger partial charge in [-0.1, -0.05) is 12.1 Å². The predicted octanol–water partition coefficient (Wildman–Crippen LogP) is 4.66. The molecule has 10 heteroatoms. The van der Waals surface area contributed by atoms with E-state index in [0.717, 1.165) is 12.1 Å². The van der Waals surface area contributed by atoms with Crippen LogP contribution in [0, 0.1) is 6.92 Å². The molecule has 0 radical (unpaired) electrons. The van der Waals surface area contributed by atoms with Crippen molar-refractivity contribution < 1.29 is 30.8 Å². The summed E-state index contributed by atoms with van der Waals surface area (Å²) in [5.41, 5.74) is -0.491. The Balaban J connectivity index is 1.89. The van der Waals surface area contributed by atoms with Gasteiger partial charge in [0.25, 0.3) is 15.9 Å². The topological polar surface area (TPSA) is 88.4 Å². The van der Waals surface area contributed by atoms with Crippen molar-refractivity contribution in [3.63, 3.8) is 0 Å². The first-order valence-corrected chi connectivity index (χ1v) is 9.69. The van der Waals surface area contributed by atoms with Crippen LogP contribution in [0.3, 0.4) is 0 Å². The largest absolute Gasteiger partial charge is 0.472 e. The second-order valence-corrected chi connectivity index (χ2v) is 7.73. The lowest BCUT2D eigenvalue weighted by Crippen LogP contribution is -2.17. The molecule has 1 heterocycles. The molecule has 0 saturated carbocycles. The second kappa shape index (κ2) is 7.63. The van der Waals surface area contributed by atoms with Crippen molar-refractivity contribution in [3.8, 4) is 0 Å². The van der Waals surface area contributed by atoms with Crippen molar-refractivity contribution in [1.82, 2.24) is 0 Å². The zero-order chi connectivity index (χ0) is 21.2. The second-order valence-electron chi connectivity index (χ2n) is 6.08. The smallest absolute Gasteiger partial charge is 0.416 e. The fourth-order valence-electron chi connectivity index (χ4n) is 2.60. The van der Waals surface area contributed by atoms with Crippen LogP contribution in [-0.4, -0.2) is 14.3 Å². The normalized spacial score (nSPS) is 11.9. The van der Waals surface area contributed by atoms with Crippen molar-refractivity contribution in [2.75, 3.05) is 10.0 Å². The van der Waals surface area contributed by atoms with Crippen LogP contribution in [0.15, 0.2) is 70.4 Å². The van der Waals surface area contributed by atoms with E-state index in [4.69, 9.17) is 4.42 Å². The van der Waals surface area contributed by atoms with Gasteiger partial charge in [-0.05, 0) is 48.9 Å². The molecule has 1 aromatic heterocycles. The molecule has 152 valence electrons. The Bertz CT molecular complexity index is 1140. The van der Waals surface area contributed by atoms with E-state index in [1.54, 1.807) is 0 Å². The molecule has 1 amide bonds. The lowest BCUT2D eigenvalue weighted by atomic mass is 10.2. The number of benzene rings is 2. The summed E-state index contributed by atoms with van der Waals surface area (Å²) in [6.07, 6.45) is -2.04. The molecule has 29 heavy (non-hydrogen) atoms. The third-order valence-electron chi connectivity index (χ3n) is 4.05. The Kier molecular flexibility index (Phi) is 5.38. The zero-order valence-corrected chi connectivity index (χ0v) is 15.8. The Labute approximate surface area is 164 Å². The number of halogens is 3. The lowest BCUT2D eigenvalue weighted by Gasteiger charge is -2.15. The van der Waals surface area contributed by atoms with Gasteiger partial charge in [0.15, 0.2) is 0 Å². The van der Waals surface area contributed by atoms with E-state index in [1.807, 2.05) is 0 Å². The number of rotatable bonds is 5. The summed E-state index contributed by atoms with van der Waals surface area (Å²) >= 11 is 0. The van der Waals surface area contributed by atoms with Gasteiger partial charge in [0.1, 0.15) is 6.26 Å². The number of furan rings is 1. The standard InChI is InChI=1S/C19H15F3N2O4S/c1-12-16(23-18(25)13-8-9-28-11-13)6-3-7-17(12)29(26,27)24-15-5-2-4-14(10-15)19(20,21)22/h2-11,24H,1H3,(H,23,25). The summed E-state index contributed by atoms with van der Waals surface area (Å²) in [5.74, 6) is -0.498. The van der Waals surface area contributed by atoms with Crippen molar-refractivity contribution in [2.45, 2.75) is 18.0 Å². The number of hydrogen-bond acceptors (Lipinski definition) is 4. The molecule has 0 aliphatic rings. The van der Waals surface area contributed by atoms with E-state index in [-0.39, 0.29) is 27.4 Å². The van der Waals surface area contributed by atoms with Crippen LogP contribution in [0.4, 0.5) is 24.5 Å². The fourth-order valence-corrected chi connectivity index (χ4v) is 3.92. The molecule has 0 aliphatic heterocycles. The maximum absolute atomic E-state index is 12.9. The number of anilines is 2. The highest BCUT2D eigenvalue weighted by Gasteiger charge is 2.31. The number of sulfonamides is 1. The van der Waals surface area contributed by atoms with Crippen LogP contribution in [-0.2, 0) is 16.2 Å². The van der Waals surface area contributed by atoms with Gasteiger partial charge >= 0.3 is 6.18 Å². The van der Waals surface area contributed by atoms with Gasteiger partial charge < -0.3 is 9.73 Å². The molecule has 0 unspecified atom stereocenters. The average Bonchev–Trinajstić information content (AvgIpc) is 3.17. The predicted molar refractivity (Wildman–Crippen MR) is 100 cm³/mol. The molecular weight excluding hydrogens is 409 g/mol. The maximum atomic E-state index is 12.9. The summed E-state index contributed by atoms with van der Waals surface area (Å²) in [5, 5.41) is 2.58. The summed E-state index contributed by atoms with van der Waals surface area (Å²) in [6, 6.07) is 9.53. The molecule has 2 aromatic carbocycles. The van der Waals surface area contributed by atoms with Gasteiger partial charge in [-0.25, -0.2) is 8.42 Å². The molecule has 0 aliphatic carbocycles. The van der Waals surface area contributed by atoms with Crippen molar-refractivity contribution >= 4 is 27.3 Å². The number of amides is 1. The minimum Gasteiger partial charge on any atom is -0.472 e. The molecule has 0 fully saturated rings. The summed E-state index contributed by atoms with van der Waals surface area (Å²) in [6.45, 7) is 1.48. The third kappa shape index (κ3) is 4.60. The van der Waals surface area contributed by atoms with Gasteiger partial charge in [-0.3, -0.25) is 9.52 Å². The van der Waals surface area contributed by atoms with E-state index < -0.39 is 27.7 Å².